The van der Waals surface area contributed by atoms with Gasteiger partial charge in [0.05, 0.1) is 23.0 Å². The lowest BCUT2D eigenvalue weighted by molar-refractivity contribution is -0.132. The van der Waals surface area contributed by atoms with E-state index in [9.17, 15) is 29.7 Å². The Kier molecular flexibility index (Phi) is 2.81. The number of carbonyl (C=O) groups excluding carboxylic acids is 2. The lowest BCUT2D eigenvalue weighted by Crippen LogP contribution is -2.38. The highest BCUT2D eigenvalue weighted by Crippen LogP contribution is 2.42. The van der Waals surface area contributed by atoms with E-state index in [2.05, 4.69) is 0 Å². The highest BCUT2D eigenvalue weighted by Gasteiger charge is 2.46. The van der Waals surface area contributed by atoms with Gasteiger partial charge in [-0.15, -0.1) is 0 Å². The van der Waals surface area contributed by atoms with Gasteiger partial charge in [-0.3, -0.25) is 9.59 Å². The SMILES string of the molecule is O=C(O)C1=CC2C(=O)c3cc(O)cc(O)c3C(=O)C2C(O)=C1. The first kappa shape index (κ1) is 13.9. The number of ketones is 2. The van der Waals surface area contributed by atoms with E-state index in [-0.39, 0.29) is 16.7 Å². The van der Waals surface area contributed by atoms with Crippen molar-refractivity contribution >= 4 is 17.5 Å². The van der Waals surface area contributed by atoms with E-state index < -0.39 is 46.6 Å². The average Bonchev–Trinajstić information content (AvgIpc) is 2.42. The Labute approximate surface area is 123 Å². The summed E-state index contributed by atoms with van der Waals surface area (Å²) in [5.74, 6) is -6.63. The zero-order valence-electron chi connectivity index (χ0n) is 11.0. The molecule has 0 saturated heterocycles. The van der Waals surface area contributed by atoms with Crippen LogP contribution < -0.4 is 0 Å². The van der Waals surface area contributed by atoms with Crippen LogP contribution in [0.2, 0.25) is 0 Å². The number of hydrogen-bond donors (Lipinski definition) is 4. The van der Waals surface area contributed by atoms with Crippen molar-refractivity contribution in [2.24, 2.45) is 11.8 Å². The molecule has 0 fully saturated rings. The molecular formula is C15H10O7. The first-order chi connectivity index (χ1) is 10.3. The molecule has 0 aromatic heterocycles. The molecule has 22 heavy (non-hydrogen) atoms. The number of allylic oxidation sites excluding steroid dienone is 2. The summed E-state index contributed by atoms with van der Waals surface area (Å²) >= 11 is 0. The summed E-state index contributed by atoms with van der Waals surface area (Å²) in [6, 6.07) is 1.96. The highest BCUT2D eigenvalue weighted by molar-refractivity contribution is 6.19. The number of aromatic hydroxyl groups is 2. The van der Waals surface area contributed by atoms with Crippen molar-refractivity contribution in [2.45, 2.75) is 0 Å². The van der Waals surface area contributed by atoms with Gasteiger partial charge in [0, 0.05) is 11.6 Å². The second-order valence-electron chi connectivity index (χ2n) is 5.12. The third kappa shape index (κ3) is 1.79. The van der Waals surface area contributed by atoms with Crippen LogP contribution in [-0.2, 0) is 4.79 Å². The van der Waals surface area contributed by atoms with Crippen molar-refractivity contribution in [3.05, 3.63) is 46.7 Å². The molecular weight excluding hydrogens is 292 g/mol. The number of Topliss-reactive ketones (excluding diaryl/α,β-unsaturated/α-hetero) is 2. The number of carboxylic acid groups (broad SMARTS) is 1. The minimum atomic E-state index is -1.34. The normalized spacial score (nSPS) is 23.3. The fraction of sp³-hybridized carbons (Fsp3) is 0.133. The third-order valence-electron chi connectivity index (χ3n) is 3.79. The van der Waals surface area contributed by atoms with Gasteiger partial charge >= 0.3 is 5.97 Å². The lowest BCUT2D eigenvalue weighted by Gasteiger charge is -2.31. The molecule has 4 N–H and O–H groups in total. The van der Waals surface area contributed by atoms with Crippen molar-refractivity contribution in [1.82, 2.24) is 0 Å². The number of carbonyl (C=O) groups is 3. The van der Waals surface area contributed by atoms with Gasteiger partial charge in [-0.25, -0.2) is 4.79 Å². The predicted octanol–water partition coefficient (Wildman–Crippen LogP) is 1.18. The molecule has 1 aromatic carbocycles. The molecule has 2 unspecified atom stereocenters. The average molecular weight is 302 g/mol. The summed E-state index contributed by atoms with van der Waals surface area (Å²) in [4.78, 5) is 35.9. The van der Waals surface area contributed by atoms with Gasteiger partial charge in [-0.1, -0.05) is 6.08 Å². The molecule has 0 spiro atoms. The summed E-state index contributed by atoms with van der Waals surface area (Å²) in [5.41, 5.74) is -0.775. The Morgan fingerprint density at radius 3 is 2.36 bits per heavy atom. The van der Waals surface area contributed by atoms with E-state index >= 15 is 0 Å². The van der Waals surface area contributed by atoms with Crippen molar-refractivity contribution in [1.29, 1.82) is 0 Å². The maximum atomic E-state index is 12.5. The standard InChI is InChI=1S/C15H10O7/c16-6-3-8-12(10(18)4-6)14(20)11-7(13(8)19)1-5(15(21)22)2-9(11)17/h1-4,7,11,16-18H,(H,21,22). The number of rotatable bonds is 1. The molecule has 0 radical (unpaired) electrons. The Bertz CT molecular complexity index is 800. The van der Waals surface area contributed by atoms with Crippen LogP contribution in [0.4, 0.5) is 0 Å². The lowest BCUT2D eigenvalue weighted by atomic mass is 9.70. The van der Waals surface area contributed by atoms with E-state index in [0.29, 0.717) is 0 Å². The van der Waals surface area contributed by atoms with E-state index in [4.69, 9.17) is 5.11 Å². The van der Waals surface area contributed by atoms with Gasteiger partial charge < -0.3 is 20.4 Å². The Morgan fingerprint density at radius 2 is 1.73 bits per heavy atom. The zero-order valence-corrected chi connectivity index (χ0v) is 11.0. The summed E-state index contributed by atoms with van der Waals surface area (Å²) in [7, 11) is 0. The molecule has 1 aromatic rings. The summed E-state index contributed by atoms with van der Waals surface area (Å²) < 4.78 is 0. The van der Waals surface area contributed by atoms with Crippen LogP contribution in [0.15, 0.2) is 35.6 Å². The number of phenols is 2. The predicted molar refractivity (Wildman–Crippen MR) is 71.8 cm³/mol. The van der Waals surface area contributed by atoms with Crippen LogP contribution in [0, 0.1) is 11.8 Å². The van der Waals surface area contributed by atoms with Gasteiger partial charge in [-0.05, 0) is 12.1 Å². The van der Waals surface area contributed by atoms with Crippen molar-refractivity contribution in [2.75, 3.05) is 0 Å². The molecule has 0 saturated carbocycles. The van der Waals surface area contributed by atoms with Crippen LogP contribution in [0.25, 0.3) is 0 Å². The summed E-state index contributed by atoms with van der Waals surface area (Å²) in [6.07, 6.45) is 2.01. The molecule has 0 heterocycles. The topological polar surface area (TPSA) is 132 Å². The summed E-state index contributed by atoms with van der Waals surface area (Å²) in [5, 5.41) is 38.2. The number of carboxylic acids is 1. The minimum absolute atomic E-state index is 0.195. The second-order valence-corrected chi connectivity index (χ2v) is 5.12. The van der Waals surface area contributed by atoms with Crippen LogP contribution in [0.1, 0.15) is 20.7 Å². The molecule has 2 aliphatic carbocycles. The molecule has 3 rings (SSSR count). The van der Waals surface area contributed by atoms with Gasteiger partial charge in [0.25, 0.3) is 0 Å². The number of aliphatic carboxylic acids is 1. The first-order valence-electron chi connectivity index (χ1n) is 6.31. The van der Waals surface area contributed by atoms with Crippen LogP contribution in [0.3, 0.4) is 0 Å². The van der Waals surface area contributed by atoms with Crippen LogP contribution in [-0.4, -0.2) is 38.0 Å². The number of aliphatic hydroxyl groups excluding tert-OH is 1. The molecule has 7 heteroatoms. The van der Waals surface area contributed by atoms with Gasteiger partial charge in [-0.2, -0.15) is 0 Å². The fourth-order valence-electron chi connectivity index (χ4n) is 2.83. The third-order valence-corrected chi connectivity index (χ3v) is 3.79. The minimum Gasteiger partial charge on any atom is -0.511 e. The van der Waals surface area contributed by atoms with E-state index in [0.717, 1.165) is 24.3 Å². The largest absolute Gasteiger partial charge is 0.511 e. The molecule has 112 valence electrons. The van der Waals surface area contributed by atoms with Crippen molar-refractivity contribution in [3.8, 4) is 11.5 Å². The van der Waals surface area contributed by atoms with Gasteiger partial charge in [0.1, 0.15) is 17.3 Å². The monoisotopic (exact) mass is 302 g/mol. The van der Waals surface area contributed by atoms with E-state index in [1.165, 1.54) is 0 Å². The molecule has 7 nitrogen and oxygen atoms in total. The fourth-order valence-corrected chi connectivity index (χ4v) is 2.83. The molecule has 0 amide bonds. The highest BCUT2D eigenvalue weighted by atomic mass is 16.4. The van der Waals surface area contributed by atoms with Crippen LogP contribution >= 0.6 is 0 Å². The molecule has 0 bridgehead atoms. The Balaban J connectivity index is 2.23. The number of benzene rings is 1. The maximum Gasteiger partial charge on any atom is 0.335 e. The second kappa shape index (κ2) is 4.45. The first-order valence-corrected chi connectivity index (χ1v) is 6.31. The molecule has 2 aliphatic rings. The number of phenolic OH excluding ortho intramolecular Hbond substituents is 2. The molecule has 2 atom stereocenters. The smallest absolute Gasteiger partial charge is 0.335 e. The van der Waals surface area contributed by atoms with Crippen molar-refractivity contribution < 1.29 is 34.8 Å². The maximum absolute atomic E-state index is 12.5. The zero-order chi connectivity index (χ0) is 16.2. The number of hydrogen-bond acceptors (Lipinski definition) is 6. The van der Waals surface area contributed by atoms with Gasteiger partial charge in [0.2, 0.25) is 0 Å². The Morgan fingerprint density at radius 1 is 1.05 bits per heavy atom. The summed E-state index contributed by atoms with van der Waals surface area (Å²) in [6.45, 7) is 0. The van der Waals surface area contributed by atoms with E-state index in [1.54, 1.807) is 0 Å². The number of aliphatic hydroxyl groups is 1. The molecule has 0 aliphatic heterocycles. The van der Waals surface area contributed by atoms with E-state index in [1.807, 2.05) is 0 Å². The quantitative estimate of drug-likeness (QED) is 0.612. The van der Waals surface area contributed by atoms with Crippen molar-refractivity contribution in [3.63, 3.8) is 0 Å². The van der Waals surface area contributed by atoms with Gasteiger partial charge in [0.15, 0.2) is 11.6 Å². The Hall–Kier alpha value is -3.09. The van der Waals surface area contributed by atoms with Crippen LogP contribution in [0.5, 0.6) is 11.5 Å². The number of fused-ring (bicyclic) bond motifs is 2.